The highest BCUT2D eigenvalue weighted by atomic mass is 35.5. The number of hydrogen-bond acceptors (Lipinski definition) is 2. The third-order valence-electron chi connectivity index (χ3n) is 2.98. The molecule has 22 heavy (non-hydrogen) atoms. The minimum Gasteiger partial charge on any atom is -0.368 e. The third-order valence-corrected chi connectivity index (χ3v) is 3.21. The lowest BCUT2D eigenvalue weighted by Gasteiger charge is -2.14. The number of carbonyl (C=O) groups is 2. The van der Waals surface area contributed by atoms with Crippen molar-refractivity contribution in [1.82, 2.24) is 5.32 Å². The summed E-state index contributed by atoms with van der Waals surface area (Å²) in [6.07, 6.45) is 2.95. The number of hydrogen-bond donors (Lipinski definition) is 2. The molecular weight excluding hydrogens is 300 g/mol. The molecular formula is C17H15ClN2O2. The Hall–Kier alpha value is -2.59. The smallest absolute Gasteiger partial charge is 0.244 e. The van der Waals surface area contributed by atoms with Gasteiger partial charge in [-0.2, -0.15) is 0 Å². The first-order valence-electron chi connectivity index (χ1n) is 6.64. The van der Waals surface area contributed by atoms with E-state index in [1.54, 1.807) is 48.5 Å². The largest absolute Gasteiger partial charge is 0.368 e. The van der Waals surface area contributed by atoms with Crippen LogP contribution in [-0.2, 0) is 9.59 Å². The molecule has 2 aromatic rings. The average molecular weight is 315 g/mol. The first kappa shape index (κ1) is 15.8. The molecule has 0 aliphatic carbocycles. The first-order valence-corrected chi connectivity index (χ1v) is 7.02. The SMILES string of the molecule is NC(=O)C(NC(=O)/C=C/c1cccc(Cl)c1)c1ccccc1. The minimum absolute atomic E-state index is 0.410. The van der Waals surface area contributed by atoms with Crippen LogP contribution in [0.3, 0.4) is 0 Å². The molecule has 2 rings (SSSR count). The van der Waals surface area contributed by atoms with Crippen molar-refractivity contribution in [3.05, 3.63) is 76.8 Å². The molecule has 1 unspecified atom stereocenters. The lowest BCUT2D eigenvalue weighted by atomic mass is 10.1. The van der Waals surface area contributed by atoms with Crippen molar-refractivity contribution in [2.24, 2.45) is 5.73 Å². The molecule has 1 atom stereocenters. The molecule has 0 radical (unpaired) electrons. The fourth-order valence-electron chi connectivity index (χ4n) is 1.94. The summed E-state index contributed by atoms with van der Waals surface area (Å²) in [6.45, 7) is 0. The fraction of sp³-hybridized carbons (Fsp3) is 0.0588. The maximum Gasteiger partial charge on any atom is 0.244 e. The van der Waals surface area contributed by atoms with Gasteiger partial charge >= 0.3 is 0 Å². The third kappa shape index (κ3) is 4.46. The van der Waals surface area contributed by atoms with Crippen LogP contribution in [0.2, 0.25) is 5.02 Å². The fourth-order valence-corrected chi connectivity index (χ4v) is 2.14. The molecule has 5 heteroatoms. The zero-order valence-corrected chi connectivity index (χ0v) is 12.5. The van der Waals surface area contributed by atoms with E-state index >= 15 is 0 Å². The lowest BCUT2D eigenvalue weighted by Crippen LogP contribution is -2.36. The summed E-state index contributed by atoms with van der Waals surface area (Å²) in [5.74, 6) is -1.02. The monoisotopic (exact) mass is 314 g/mol. The number of nitrogens with two attached hydrogens (primary N) is 1. The van der Waals surface area contributed by atoms with Crippen LogP contribution in [0, 0.1) is 0 Å². The molecule has 0 saturated heterocycles. The summed E-state index contributed by atoms with van der Waals surface area (Å²) >= 11 is 5.87. The molecule has 0 bridgehead atoms. The van der Waals surface area contributed by atoms with Crippen molar-refractivity contribution in [1.29, 1.82) is 0 Å². The highest BCUT2D eigenvalue weighted by Gasteiger charge is 2.18. The summed E-state index contributed by atoms with van der Waals surface area (Å²) in [5, 5.41) is 3.17. The molecule has 0 heterocycles. The van der Waals surface area contributed by atoms with Crippen molar-refractivity contribution in [2.45, 2.75) is 6.04 Å². The normalized spacial score (nSPS) is 12.0. The molecule has 0 aliphatic heterocycles. The molecule has 0 spiro atoms. The van der Waals surface area contributed by atoms with Gasteiger partial charge in [0.05, 0.1) is 0 Å². The zero-order chi connectivity index (χ0) is 15.9. The van der Waals surface area contributed by atoms with Gasteiger partial charge < -0.3 is 11.1 Å². The second kappa shape index (κ2) is 7.43. The predicted octanol–water partition coefficient (Wildman–Crippen LogP) is 2.70. The highest BCUT2D eigenvalue weighted by Crippen LogP contribution is 2.13. The Morgan fingerprint density at radius 3 is 2.45 bits per heavy atom. The molecule has 0 aromatic heterocycles. The van der Waals surface area contributed by atoms with Crippen molar-refractivity contribution in [3.63, 3.8) is 0 Å². The topological polar surface area (TPSA) is 72.2 Å². The van der Waals surface area contributed by atoms with Crippen LogP contribution < -0.4 is 11.1 Å². The number of halogens is 1. The van der Waals surface area contributed by atoms with Gasteiger partial charge in [-0.25, -0.2) is 0 Å². The van der Waals surface area contributed by atoms with Gasteiger partial charge in [0.15, 0.2) is 0 Å². The first-order chi connectivity index (χ1) is 10.6. The van der Waals surface area contributed by atoms with Crippen LogP contribution >= 0.6 is 11.6 Å². The van der Waals surface area contributed by atoms with Gasteiger partial charge in [0.2, 0.25) is 11.8 Å². The summed E-state index contributed by atoms with van der Waals surface area (Å²) in [4.78, 5) is 23.5. The second-order valence-corrected chi connectivity index (χ2v) is 5.08. The molecule has 2 aromatic carbocycles. The van der Waals surface area contributed by atoms with E-state index in [0.717, 1.165) is 5.56 Å². The summed E-state index contributed by atoms with van der Waals surface area (Å²) < 4.78 is 0. The molecule has 4 nitrogen and oxygen atoms in total. The molecule has 2 amide bonds. The van der Waals surface area contributed by atoms with Gasteiger partial charge in [-0.05, 0) is 29.3 Å². The maximum atomic E-state index is 12.0. The number of amides is 2. The van der Waals surface area contributed by atoms with E-state index in [4.69, 9.17) is 17.3 Å². The molecule has 0 saturated carbocycles. The van der Waals surface area contributed by atoms with Gasteiger partial charge in [-0.3, -0.25) is 9.59 Å². The summed E-state index contributed by atoms with van der Waals surface area (Å²) in [6, 6.07) is 15.1. The van der Waals surface area contributed by atoms with E-state index < -0.39 is 17.9 Å². The van der Waals surface area contributed by atoms with Crippen LogP contribution in [0.5, 0.6) is 0 Å². The van der Waals surface area contributed by atoms with Crippen LogP contribution in [0.4, 0.5) is 0 Å². The Bertz CT molecular complexity index is 699. The average Bonchev–Trinajstić information content (AvgIpc) is 2.51. The Morgan fingerprint density at radius 2 is 1.82 bits per heavy atom. The summed E-state index contributed by atoms with van der Waals surface area (Å²) in [5.41, 5.74) is 6.78. The quantitative estimate of drug-likeness (QED) is 0.833. The van der Waals surface area contributed by atoms with Crippen LogP contribution in [0.25, 0.3) is 6.08 Å². The summed E-state index contributed by atoms with van der Waals surface area (Å²) in [7, 11) is 0. The van der Waals surface area contributed by atoms with E-state index in [1.165, 1.54) is 6.08 Å². The molecule has 112 valence electrons. The van der Waals surface area contributed by atoms with Crippen LogP contribution in [-0.4, -0.2) is 11.8 Å². The standard InChI is InChI=1S/C17H15ClN2O2/c18-14-8-4-5-12(11-14)9-10-15(21)20-16(17(19)22)13-6-2-1-3-7-13/h1-11,16H,(H2,19,22)(H,20,21)/b10-9+. The van der Waals surface area contributed by atoms with E-state index in [9.17, 15) is 9.59 Å². The Kier molecular flexibility index (Phi) is 5.33. The van der Waals surface area contributed by atoms with E-state index in [1.807, 2.05) is 12.1 Å². The molecule has 0 fully saturated rings. The number of benzene rings is 2. The van der Waals surface area contributed by atoms with Crippen LogP contribution in [0.15, 0.2) is 60.7 Å². The van der Waals surface area contributed by atoms with E-state index in [-0.39, 0.29) is 0 Å². The Balaban J connectivity index is 2.07. The molecule has 3 N–H and O–H groups in total. The highest BCUT2D eigenvalue weighted by molar-refractivity contribution is 6.30. The lowest BCUT2D eigenvalue weighted by molar-refractivity contribution is -0.125. The van der Waals surface area contributed by atoms with Crippen molar-refractivity contribution >= 4 is 29.5 Å². The predicted molar refractivity (Wildman–Crippen MR) is 87.0 cm³/mol. The number of primary amides is 1. The van der Waals surface area contributed by atoms with Gasteiger partial charge in [0, 0.05) is 11.1 Å². The van der Waals surface area contributed by atoms with Gasteiger partial charge in [-0.15, -0.1) is 0 Å². The van der Waals surface area contributed by atoms with Gasteiger partial charge in [0.25, 0.3) is 0 Å². The maximum absolute atomic E-state index is 12.0. The van der Waals surface area contributed by atoms with Gasteiger partial charge in [0.1, 0.15) is 6.04 Å². The van der Waals surface area contributed by atoms with Crippen LogP contribution in [0.1, 0.15) is 17.2 Å². The Labute approximate surface area is 133 Å². The molecule has 0 aliphatic rings. The number of carbonyl (C=O) groups excluding carboxylic acids is 2. The van der Waals surface area contributed by atoms with Crippen molar-refractivity contribution in [2.75, 3.05) is 0 Å². The number of nitrogens with one attached hydrogen (secondary N) is 1. The minimum atomic E-state index is -0.863. The van der Waals surface area contributed by atoms with E-state index in [0.29, 0.717) is 10.6 Å². The van der Waals surface area contributed by atoms with Gasteiger partial charge in [-0.1, -0.05) is 54.1 Å². The zero-order valence-electron chi connectivity index (χ0n) is 11.7. The van der Waals surface area contributed by atoms with Crippen molar-refractivity contribution < 1.29 is 9.59 Å². The number of rotatable bonds is 5. The van der Waals surface area contributed by atoms with E-state index in [2.05, 4.69) is 5.32 Å². The second-order valence-electron chi connectivity index (χ2n) is 4.64. The Morgan fingerprint density at radius 1 is 1.09 bits per heavy atom. The van der Waals surface area contributed by atoms with Crippen molar-refractivity contribution in [3.8, 4) is 0 Å².